The van der Waals surface area contributed by atoms with Crippen molar-refractivity contribution in [3.63, 3.8) is 0 Å². The van der Waals surface area contributed by atoms with E-state index in [-0.39, 0.29) is 36.6 Å². The third-order valence-electron chi connectivity index (χ3n) is 3.14. The Hall–Kier alpha value is -1.21. The Bertz CT molecular complexity index is 592. The van der Waals surface area contributed by atoms with Gasteiger partial charge in [-0.15, -0.1) is 36.2 Å². The molecule has 1 amide bonds. The summed E-state index contributed by atoms with van der Waals surface area (Å²) >= 11 is 1.58. The van der Waals surface area contributed by atoms with E-state index in [2.05, 4.69) is 15.3 Å². The monoisotopic (exact) mass is 376 g/mol. The number of hydrogen-bond donors (Lipinski definition) is 2. The number of hydrogen-bond acceptors (Lipinski definition) is 5. The van der Waals surface area contributed by atoms with Gasteiger partial charge < -0.3 is 11.1 Å². The number of amides is 1. The molecule has 0 fully saturated rings. The molecule has 3 N–H and O–H groups in total. The number of nitrogens with zero attached hydrogens (tertiary/aromatic N) is 2. The smallest absolute Gasteiger partial charge is 0.237 e. The van der Waals surface area contributed by atoms with E-state index in [1.165, 1.54) is 0 Å². The van der Waals surface area contributed by atoms with E-state index < -0.39 is 6.04 Å². The van der Waals surface area contributed by atoms with Gasteiger partial charge in [-0.3, -0.25) is 9.78 Å². The van der Waals surface area contributed by atoms with Crippen LogP contribution in [0.2, 0.25) is 0 Å². The van der Waals surface area contributed by atoms with Crippen molar-refractivity contribution in [3.05, 3.63) is 34.8 Å². The predicted octanol–water partition coefficient (Wildman–Crippen LogP) is 2.69. The summed E-state index contributed by atoms with van der Waals surface area (Å²) in [5.41, 5.74) is 7.53. The lowest BCUT2D eigenvalue weighted by Gasteiger charge is -2.14. The van der Waals surface area contributed by atoms with Gasteiger partial charge in [-0.25, -0.2) is 4.98 Å². The van der Waals surface area contributed by atoms with E-state index in [9.17, 15) is 4.79 Å². The van der Waals surface area contributed by atoms with Crippen LogP contribution in [-0.2, 0) is 11.2 Å². The number of carbonyl (C=O) groups excluding carboxylic acids is 1. The Morgan fingerprint density at radius 2 is 2.04 bits per heavy atom. The summed E-state index contributed by atoms with van der Waals surface area (Å²) in [6, 6.07) is 5.30. The molecule has 128 valence electrons. The number of pyridine rings is 1. The summed E-state index contributed by atoms with van der Waals surface area (Å²) in [5.74, 6) is 0.0344. The summed E-state index contributed by atoms with van der Waals surface area (Å²) < 4.78 is 0. The fourth-order valence-corrected chi connectivity index (χ4v) is 2.56. The highest BCUT2D eigenvalue weighted by Crippen LogP contribution is 2.19. The third-order valence-corrected chi connectivity index (χ3v) is 4.05. The molecule has 1 atom stereocenters. The van der Waals surface area contributed by atoms with Gasteiger partial charge in [0.15, 0.2) is 0 Å². The Kier molecular flexibility index (Phi) is 9.99. The molecular formula is C15H22Cl2N4OS. The third kappa shape index (κ3) is 6.43. The second-order valence-corrected chi connectivity index (χ2v) is 6.09. The number of aromatic nitrogens is 2. The van der Waals surface area contributed by atoms with E-state index >= 15 is 0 Å². The largest absolute Gasteiger partial charge is 0.354 e. The molecule has 0 saturated carbocycles. The number of carbonyl (C=O) groups is 1. The van der Waals surface area contributed by atoms with E-state index in [4.69, 9.17) is 5.73 Å². The normalized spacial score (nSPS) is 11.3. The van der Waals surface area contributed by atoms with Crippen molar-refractivity contribution in [2.45, 2.75) is 26.3 Å². The molecule has 0 unspecified atom stereocenters. The molecule has 2 aromatic heterocycles. The maximum Gasteiger partial charge on any atom is 0.237 e. The van der Waals surface area contributed by atoms with Crippen molar-refractivity contribution >= 4 is 42.1 Å². The van der Waals surface area contributed by atoms with Crippen molar-refractivity contribution < 1.29 is 4.79 Å². The lowest BCUT2D eigenvalue weighted by molar-refractivity contribution is -0.123. The average Bonchev–Trinajstić information content (AvgIpc) is 2.96. The number of thiazole rings is 1. The molecule has 8 heteroatoms. The van der Waals surface area contributed by atoms with Crippen LogP contribution < -0.4 is 11.1 Å². The number of rotatable bonds is 6. The summed E-state index contributed by atoms with van der Waals surface area (Å²) in [6.07, 6.45) is 2.45. The van der Waals surface area contributed by atoms with Crippen molar-refractivity contribution in [1.29, 1.82) is 0 Å². The lowest BCUT2D eigenvalue weighted by Crippen LogP contribution is -2.44. The van der Waals surface area contributed by atoms with Crippen LogP contribution in [0.3, 0.4) is 0 Å². The molecule has 0 radical (unpaired) electrons. The van der Waals surface area contributed by atoms with Gasteiger partial charge in [0.1, 0.15) is 0 Å². The Morgan fingerprint density at radius 1 is 1.30 bits per heavy atom. The van der Waals surface area contributed by atoms with Crippen LogP contribution in [0, 0.1) is 5.92 Å². The van der Waals surface area contributed by atoms with Crippen molar-refractivity contribution in [3.8, 4) is 11.4 Å². The zero-order chi connectivity index (χ0) is 15.2. The number of halogens is 2. The van der Waals surface area contributed by atoms with E-state index in [0.29, 0.717) is 13.0 Å². The minimum Gasteiger partial charge on any atom is -0.354 e. The van der Waals surface area contributed by atoms with E-state index in [1.807, 2.05) is 37.4 Å². The van der Waals surface area contributed by atoms with Gasteiger partial charge in [-0.2, -0.15) is 0 Å². The Balaban J connectivity index is 0.00000242. The SMILES string of the molecule is CC(C)[C@H](N)C(=O)NCCc1nc(-c2ccccn2)cs1.Cl.Cl. The van der Waals surface area contributed by atoms with E-state index in [1.54, 1.807) is 17.5 Å². The molecule has 5 nitrogen and oxygen atoms in total. The first-order chi connectivity index (χ1) is 10.1. The van der Waals surface area contributed by atoms with Crippen LogP contribution in [0.4, 0.5) is 0 Å². The molecule has 23 heavy (non-hydrogen) atoms. The van der Waals surface area contributed by atoms with Crippen molar-refractivity contribution in [2.75, 3.05) is 6.54 Å². The number of nitrogens with two attached hydrogens (primary N) is 1. The molecular weight excluding hydrogens is 355 g/mol. The molecule has 2 aromatic rings. The molecule has 0 spiro atoms. The van der Waals surface area contributed by atoms with Gasteiger partial charge in [0.25, 0.3) is 0 Å². The van der Waals surface area contributed by atoms with Gasteiger partial charge >= 0.3 is 0 Å². The zero-order valence-electron chi connectivity index (χ0n) is 13.1. The Labute approximate surface area is 152 Å². The summed E-state index contributed by atoms with van der Waals surface area (Å²) in [7, 11) is 0. The molecule has 0 aliphatic rings. The summed E-state index contributed by atoms with van der Waals surface area (Å²) in [5, 5.41) is 5.81. The minimum absolute atomic E-state index is 0. The van der Waals surface area contributed by atoms with Gasteiger partial charge in [-0.05, 0) is 18.1 Å². The van der Waals surface area contributed by atoms with Gasteiger partial charge in [0.05, 0.1) is 22.4 Å². The van der Waals surface area contributed by atoms with E-state index in [0.717, 1.165) is 16.4 Å². The second kappa shape index (κ2) is 10.5. The van der Waals surface area contributed by atoms with Crippen LogP contribution in [0.5, 0.6) is 0 Å². The molecule has 0 aliphatic carbocycles. The topological polar surface area (TPSA) is 80.9 Å². The van der Waals surface area contributed by atoms with Crippen LogP contribution in [0.25, 0.3) is 11.4 Å². The van der Waals surface area contributed by atoms with Crippen LogP contribution in [0.1, 0.15) is 18.9 Å². The second-order valence-electron chi connectivity index (χ2n) is 5.15. The molecule has 0 aromatic carbocycles. The zero-order valence-corrected chi connectivity index (χ0v) is 15.5. The first-order valence-corrected chi connectivity index (χ1v) is 7.85. The predicted molar refractivity (Wildman–Crippen MR) is 99.4 cm³/mol. The van der Waals surface area contributed by atoms with Crippen LogP contribution in [-0.4, -0.2) is 28.5 Å². The standard InChI is InChI=1S/C15H20N4OS.2ClH/c1-10(2)14(16)15(20)18-8-6-13-19-12(9-21-13)11-5-3-4-7-17-11;;/h3-5,7,9-10,14H,6,8,16H2,1-2H3,(H,18,20);2*1H/t14-;;/m0../s1. The van der Waals surface area contributed by atoms with Gasteiger partial charge in [0.2, 0.25) is 5.91 Å². The molecule has 2 rings (SSSR count). The average molecular weight is 377 g/mol. The number of nitrogens with one attached hydrogen (secondary N) is 1. The van der Waals surface area contributed by atoms with Crippen molar-refractivity contribution in [1.82, 2.24) is 15.3 Å². The summed E-state index contributed by atoms with van der Waals surface area (Å²) in [4.78, 5) is 20.5. The molecule has 2 heterocycles. The highest BCUT2D eigenvalue weighted by atomic mass is 35.5. The lowest BCUT2D eigenvalue weighted by atomic mass is 10.1. The first kappa shape index (κ1) is 21.8. The quantitative estimate of drug-likeness (QED) is 0.811. The highest BCUT2D eigenvalue weighted by molar-refractivity contribution is 7.09. The minimum atomic E-state index is -0.453. The maximum atomic E-state index is 11.7. The molecule has 0 aliphatic heterocycles. The van der Waals surface area contributed by atoms with Crippen molar-refractivity contribution in [2.24, 2.45) is 11.7 Å². The molecule has 0 saturated heterocycles. The van der Waals surface area contributed by atoms with Gasteiger partial charge in [-0.1, -0.05) is 19.9 Å². The maximum absolute atomic E-state index is 11.7. The molecule has 0 bridgehead atoms. The Morgan fingerprint density at radius 3 is 2.65 bits per heavy atom. The fraction of sp³-hybridized carbons (Fsp3) is 0.400. The highest BCUT2D eigenvalue weighted by Gasteiger charge is 2.16. The first-order valence-electron chi connectivity index (χ1n) is 6.97. The fourth-order valence-electron chi connectivity index (χ4n) is 1.77. The van der Waals surface area contributed by atoms with Gasteiger partial charge in [0, 0.05) is 24.5 Å². The summed E-state index contributed by atoms with van der Waals surface area (Å²) in [6.45, 7) is 4.42. The van der Waals surface area contributed by atoms with Crippen LogP contribution in [0.15, 0.2) is 29.8 Å². The van der Waals surface area contributed by atoms with Crippen LogP contribution >= 0.6 is 36.2 Å².